The molecule has 1 saturated heterocycles. The fourth-order valence-corrected chi connectivity index (χ4v) is 2.75. The van der Waals surface area contributed by atoms with Crippen LogP contribution < -0.4 is 10.1 Å². The molecule has 0 aliphatic carbocycles. The molecule has 0 bridgehead atoms. The van der Waals surface area contributed by atoms with E-state index >= 15 is 0 Å². The van der Waals surface area contributed by atoms with Crippen molar-refractivity contribution in [3.8, 4) is 5.75 Å². The monoisotopic (exact) mass is 276 g/mol. The summed E-state index contributed by atoms with van der Waals surface area (Å²) in [7, 11) is 1.97. The number of hydrogen-bond acceptors (Lipinski definition) is 3. The molecule has 1 aliphatic rings. The van der Waals surface area contributed by atoms with E-state index in [2.05, 4.69) is 5.32 Å². The molecule has 0 spiro atoms. The highest BCUT2D eigenvalue weighted by Crippen LogP contribution is 2.19. The van der Waals surface area contributed by atoms with E-state index in [9.17, 15) is 4.79 Å². The fraction of sp³-hybridized carbons (Fsp3) is 0.562. The van der Waals surface area contributed by atoms with Crippen molar-refractivity contribution >= 4 is 5.91 Å². The molecule has 0 radical (unpaired) electrons. The third-order valence-corrected chi connectivity index (χ3v) is 3.71. The number of piperidine rings is 1. The zero-order chi connectivity index (χ0) is 14.4. The van der Waals surface area contributed by atoms with Gasteiger partial charge in [-0.2, -0.15) is 0 Å². The van der Waals surface area contributed by atoms with Crippen molar-refractivity contribution < 1.29 is 9.53 Å². The predicted octanol–water partition coefficient (Wildman–Crippen LogP) is 2.16. The summed E-state index contributed by atoms with van der Waals surface area (Å²) < 4.78 is 5.40. The second kappa shape index (κ2) is 7.29. The summed E-state index contributed by atoms with van der Waals surface area (Å²) in [4.78, 5) is 14.5. The van der Waals surface area contributed by atoms with Gasteiger partial charge in [0.05, 0.1) is 6.61 Å². The molecule has 4 heteroatoms. The number of hydrogen-bond donors (Lipinski definition) is 1. The molecular weight excluding hydrogens is 252 g/mol. The average Bonchev–Trinajstić information content (AvgIpc) is 2.48. The minimum Gasteiger partial charge on any atom is -0.494 e. The Morgan fingerprint density at radius 2 is 2.15 bits per heavy atom. The lowest BCUT2D eigenvalue weighted by Gasteiger charge is -2.32. The van der Waals surface area contributed by atoms with Crippen LogP contribution in [0.2, 0.25) is 0 Å². The smallest absolute Gasteiger partial charge is 0.253 e. The molecule has 1 amide bonds. The van der Waals surface area contributed by atoms with Crippen molar-refractivity contribution in [3.63, 3.8) is 0 Å². The molecule has 1 aromatic carbocycles. The van der Waals surface area contributed by atoms with Crippen LogP contribution in [-0.2, 0) is 0 Å². The van der Waals surface area contributed by atoms with Gasteiger partial charge in [-0.25, -0.2) is 0 Å². The number of likely N-dealkylation sites (tertiary alicyclic amines) is 1. The van der Waals surface area contributed by atoms with Gasteiger partial charge in [0, 0.05) is 18.7 Å². The molecule has 0 saturated carbocycles. The molecule has 0 aromatic heterocycles. The molecule has 110 valence electrons. The van der Waals surface area contributed by atoms with Crippen LogP contribution in [0.3, 0.4) is 0 Å². The summed E-state index contributed by atoms with van der Waals surface area (Å²) in [5.41, 5.74) is 0.749. The molecular formula is C16H24N2O2. The van der Waals surface area contributed by atoms with Crippen LogP contribution in [0.25, 0.3) is 0 Å². The Morgan fingerprint density at radius 1 is 1.40 bits per heavy atom. The Kier molecular flexibility index (Phi) is 5.41. The summed E-state index contributed by atoms with van der Waals surface area (Å²) in [6, 6.07) is 7.45. The van der Waals surface area contributed by atoms with Gasteiger partial charge in [-0.3, -0.25) is 4.79 Å². The first-order valence-corrected chi connectivity index (χ1v) is 7.41. The van der Waals surface area contributed by atoms with Crippen molar-refractivity contribution in [2.45, 2.75) is 19.8 Å². The van der Waals surface area contributed by atoms with Crippen LogP contribution in [0.1, 0.15) is 30.1 Å². The standard InChI is InChI=1S/C16H24N2O2/c1-3-20-15-8-6-14(7-9-15)16(19)18-10-4-5-13(12-18)11-17-2/h6-9,13,17H,3-5,10-12H2,1-2H3. The number of ether oxygens (including phenoxy) is 1. The maximum atomic E-state index is 12.5. The van der Waals surface area contributed by atoms with E-state index in [0.29, 0.717) is 12.5 Å². The van der Waals surface area contributed by atoms with Crippen LogP contribution in [0, 0.1) is 5.92 Å². The van der Waals surface area contributed by atoms with E-state index in [1.54, 1.807) is 0 Å². The van der Waals surface area contributed by atoms with Crippen molar-refractivity contribution in [2.24, 2.45) is 5.92 Å². The summed E-state index contributed by atoms with van der Waals surface area (Å²) in [6.45, 7) is 5.30. The normalized spacial score (nSPS) is 18.9. The Morgan fingerprint density at radius 3 is 2.80 bits per heavy atom. The summed E-state index contributed by atoms with van der Waals surface area (Å²) in [6.07, 6.45) is 2.29. The second-order valence-electron chi connectivity index (χ2n) is 5.27. The van der Waals surface area contributed by atoms with Gasteiger partial charge in [-0.05, 0) is 63.5 Å². The number of benzene rings is 1. The third-order valence-electron chi connectivity index (χ3n) is 3.71. The van der Waals surface area contributed by atoms with Gasteiger partial charge >= 0.3 is 0 Å². The van der Waals surface area contributed by atoms with Gasteiger partial charge in [0.25, 0.3) is 5.91 Å². The fourth-order valence-electron chi connectivity index (χ4n) is 2.75. The van der Waals surface area contributed by atoms with E-state index in [-0.39, 0.29) is 5.91 Å². The Labute approximate surface area is 121 Å². The van der Waals surface area contributed by atoms with Gasteiger partial charge in [0.2, 0.25) is 0 Å². The number of nitrogens with one attached hydrogen (secondary N) is 1. The van der Waals surface area contributed by atoms with Crippen LogP contribution in [0.4, 0.5) is 0 Å². The first-order chi connectivity index (χ1) is 9.74. The summed E-state index contributed by atoms with van der Waals surface area (Å²) >= 11 is 0. The topological polar surface area (TPSA) is 41.6 Å². The van der Waals surface area contributed by atoms with Gasteiger partial charge in [0.1, 0.15) is 5.75 Å². The maximum absolute atomic E-state index is 12.5. The van der Waals surface area contributed by atoms with Crippen molar-refractivity contribution in [3.05, 3.63) is 29.8 Å². The lowest BCUT2D eigenvalue weighted by molar-refractivity contribution is 0.0674. The van der Waals surface area contributed by atoms with Crippen LogP contribution >= 0.6 is 0 Å². The van der Waals surface area contributed by atoms with Gasteiger partial charge < -0.3 is 15.0 Å². The number of amides is 1. The third kappa shape index (κ3) is 3.73. The summed E-state index contributed by atoms with van der Waals surface area (Å²) in [5.74, 6) is 1.52. The largest absolute Gasteiger partial charge is 0.494 e. The predicted molar refractivity (Wildman–Crippen MR) is 80.2 cm³/mol. The molecule has 1 unspecified atom stereocenters. The maximum Gasteiger partial charge on any atom is 0.253 e. The Balaban J connectivity index is 1.99. The molecule has 4 nitrogen and oxygen atoms in total. The lowest BCUT2D eigenvalue weighted by Crippen LogP contribution is -2.42. The van der Waals surface area contributed by atoms with E-state index in [4.69, 9.17) is 4.74 Å². The molecule has 1 N–H and O–H groups in total. The van der Waals surface area contributed by atoms with Crippen molar-refractivity contribution in [2.75, 3.05) is 33.3 Å². The van der Waals surface area contributed by atoms with Crippen molar-refractivity contribution in [1.82, 2.24) is 10.2 Å². The SMILES string of the molecule is CCOc1ccc(C(=O)N2CCCC(CNC)C2)cc1. The molecule has 2 rings (SSSR count). The average molecular weight is 276 g/mol. The highest BCUT2D eigenvalue weighted by atomic mass is 16.5. The number of carbonyl (C=O) groups is 1. The first-order valence-electron chi connectivity index (χ1n) is 7.41. The number of carbonyl (C=O) groups excluding carboxylic acids is 1. The first kappa shape index (κ1) is 14.9. The second-order valence-corrected chi connectivity index (χ2v) is 5.27. The number of rotatable bonds is 5. The van der Waals surface area contributed by atoms with Crippen LogP contribution in [0.15, 0.2) is 24.3 Å². The molecule has 1 aromatic rings. The van der Waals surface area contributed by atoms with Crippen molar-refractivity contribution in [1.29, 1.82) is 0 Å². The zero-order valence-corrected chi connectivity index (χ0v) is 12.4. The molecule has 1 heterocycles. The minimum atomic E-state index is 0.133. The molecule has 20 heavy (non-hydrogen) atoms. The highest BCUT2D eigenvalue weighted by molar-refractivity contribution is 5.94. The van der Waals surface area contributed by atoms with Crippen LogP contribution in [-0.4, -0.2) is 44.1 Å². The summed E-state index contributed by atoms with van der Waals surface area (Å²) in [5, 5.41) is 3.20. The molecule has 1 fully saturated rings. The van der Waals surface area contributed by atoms with E-state index in [0.717, 1.165) is 37.4 Å². The van der Waals surface area contributed by atoms with Crippen LogP contribution in [0.5, 0.6) is 5.75 Å². The van der Waals surface area contributed by atoms with Gasteiger partial charge in [-0.15, -0.1) is 0 Å². The van der Waals surface area contributed by atoms with E-state index < -0.39 is 0 Å². The van der Waals surface area contributed by atoms with Gasteiger partial charge in [0.15, 0.2) is 0 Å². The quantitative estimate of drug-likeness (QED) is 0.896. The minimum absolute atomic E-state index is 0.133. The van der Waals surface area contributed by atoms with E-state index in [1.807, 2.05) is 43.1 Å². The molecule has 1 atom stereocenters. The van der Waals surface area contributed by atoms with Gasteiger partial charge in [-0.1, -0.05) is 0 Å². The highest BCUT2D eigenvalue weighted by Gasteiger charge is 2.23. The van der Waals surface area contributed by atoms with E-state index in [1.165, 1.54) is 6.42 Å². The lowest BCUT2D eigenvalue weighted by atomic mass is 9.97. The Bertz CT molecular complexity index is 429. The molecule has 1 aliphatic heterocycles. The number of nitrogens with zero attached hydrogens (tertiary/aromatic N) is 1. The zero-order valence-electron chi connectivity index (χ0n) is 12.4. The Hall–Kier alpha value is -1.55.